The number of hydrogen-bond donors (Lipinski definition) is 1. The molecule has 0 heterocycles. The maximum absolute atomic E-state index is 13.9. The van der Waals surface area contributed by atoms with Crippen molar-refractivity contribution in [1.29, 1.82) is 5.26 Å². The van der Waals surface area contributed by atoms with Gasteiger partial charge in [0.2, 0.25) is 9.84 Å². The molecule has 142 valence electrons. The Balaban J connectivity index is 2.55. The number of sulfone groups is 1. The van der Waals surface area contributed by atoms with Gasteiger partial charge in [-0.25, -0.2) is 17.2 Å². The van der Waals surface area contributed by atoms with E-state index in [9.17, 15) is 27.6 Å². The summed E-state index contributed by atoms with van der Waals surface area (Å²) in [5.41, 5.74) is 0.952. The first-order valence-corrected chi connectivity index (χ1v) is 10.3. The second kappa shape index (κ2) is 8.63. The van der Waals surface area contributed by atoms with Crippen molar-refractivity contribution in [1.82, 2.24) is 0 Å². The Morgan fingerprint density at radius 2 is 2.00 bits per heavy atom. The van der Waals surface area contributed by atoms with E-state index in [-0.39, 0.29) is 5.75 Å². The lowest BCUT2D eigenvalue weighted by Gasteiger charge is -2.09. The highest BCUT2D eigenvalue weighted by Crippen LogP contribution is 2.32. The second-order valence-corrected chi connectivity index (χ2v) is 8.55. The molecule has 0 amide bonds. The molecule has 0 saturated heterocycles. The molecular formula is C19H16BrF2NO3S. The maximum atomic E-state index is 13.9. The Morgan fingerprint density at radius 3 is 2.59 bits per heavy atom. The number of unbranched alkanes of at least 4 members (excludes halogenated alkanes) is 1. The quantitative estimate of drug-likeness (QED) is 0.484. The molecular weight excluding hydrogens is 440 g/mol. The number of benzene rings is 2. The molecule has 0 aliphatic carbocycles. The molecule has 4 nitrogen and oxygen atoms in total. The molecule has 0 radical (unpaired) electrons. The van der Waals surface area contributed by atoms with E-state index >= 15 is 0 Å². The summed E-state index contributed by atoms with van der Waals surface area (Å²) in [7, 11) is -4.47. The number of hydrogen-bond acceptors (Lipinski definition) is 4. The molecule has 0 aliphatic heterocycles. The van der Waals surface area contributed by atoms with Gasteiger partial charge in [0.05, 0.1) is 4.47 Å². The van der Waals surface area contributed by atoms with Crippen molar-refractivity contribution in [3.8, 4) is 11.8 Å². The monoisotopic (exact) mass is 455 g/mol. The van der Waals surface area contributed by atoms with Crippen LogP contribution in [0.4, 0.5) is 8.78 Å². The fourth-order valence-corrected chi connectivity index (χ4v) is 4.18. The molecule has 27 heavy (non-hydrogen) atoms. The summed E-state index contributed by atoms with van der Waals surface area (Å²) in [4.78, 5) is -1.47. The summed E-state index contributed by atoms with van der Waals surface area (Å²) in [5, 5.41) is 19.4. The first kappa shape index (κ1) is 21.1. The van der Waals surface area contributed by atoms with Gasteiger partial charge < -0.3 is 5.11 Å². The van der Waals surface area contributed by atoms with Crippen molar-refractivity contribution in [3.63, 3.8) is 0 Å². The topological polar surface area (TPSA) is 78.2 Å². The summed E-state index contributed by atoms with van der Waals surface area (Å²) in [6, 6.07) is 6.63. The van der Waals surface area contributed by atoms with Gasteiger partial charge in [-0.15, -0.1) is 0 Å². The number of nitriles is 1. The number of nitrogens with zero attached hydrogens (tertiary/aromatic N) is 1. The zero-order chi connectivity index (χ0) is 20.2. The molecule has 2 rings (SSSR count). The smallest absolute Gasteiger partial charge is 0.219 e. The van der Waals surface area contributed by atoms with E-state index in [4.69, 9.17) is 0 Å². The van der Waals surface area contributed by atoms with Gasteiger partial charge >= 0.3 is 0 Å². The van der Waals surface area contributed by atoms with E-state index in [1.807, 2.05) is 6.92 Å². The zero-order valence-electron chi connectivity index (χ0n) is 14.3. The van der Waals surface area contributed by atoms with Crippen LogP contribution in [0.25, 0.3) is 6.08 Å². The number of aromatic hydroxyl groups is 1. The van der Waals surface area contributed by atoms with Crippen LogP contribution in [0.3, 0.4) is 0 Å². The molecule has 1 N–H and O–H groups in total. The fourth-order valence-electron chi connectivity index (χ4n) is 2.45. The molecule has 0 aromatic heterocycles. The average Bonchev–Trinajstić information content (AvgIpc) is 2.60. The van der Waals surface area contributed by atoms with Crippen molar-refractivity contribution in [3.05, 3.63) is 62.5 Å². The largest absolute Gasteiger partial charge is 0.506 e. The van der Waals surface area contributed by atoms with Crippen LogP contribution in [-0.4, -0.2) is 13.5 Å². The van der Waals surface area contributed by atoms with Gasteiger partial charge in [0.15, 0.2) is 0 Å². The van der Waals surface area contributed by atoms with Gasteiger partial charge in [0.25, 0.3) is 0 Å². The predicted molar refractivity (Wildman–Crippen MR) is 102 cm³/mol. The van der Waals surface area contributed by atoms with Gasteiger partial charge in [-0.05, 0) is 70.2 Å². The molecule has 0 spiro atoms. The number of phenolic OH excluding ortho intramolecular Hbond substituents is 1. The molecule has 0 bridgehead atoms. The molecule has 0 saturated carbocycles. The minimum Gasteiger partial charge on any atom is -0.506 e. The molecule has 0 aliphatic rings. The summed E-state index contributed by atoms with van der Waals surface area (Å²) >= 11 is 3.20. The molecule has 2 aromatic rings. The van der Waals surface area contributed by atoms with Crippen molar-refractivity contribution >= 4 is 31.8 Å². The van der Waals surface area contributed by atoms with Gasteiger partial charge in [0, 0.05) is 6.07 Å². The lowest BCUT2D eigenvalue weighted by atomic mass is 10.0. The number of halogens is 3. The summed E-state index contributed by atoms with van der Waals surface area (Å²) in [6.07, 6.45) is 3.39. The third kappa shape index (κ3) is 4.73. The van der Waals surface area contributed by atoms with Crippen molar-refractivity contribution in [2.45, 2.75) is 31.1 Å². The third-order valence-corrected chi connectivity index (χ3v) is 6.15. The average molecular weight is 456 g/mol. The van der Waals surface area contributed by atoms with Gasteiger partial charge in [-0.3, -0.25) is 0 Å². The zero-order valence-corrected chi connectivity index (χ0v) is 16.7. The van der Waals surface area contributed by atoms with E-state index in [0.29, 0.717) is 28.1 Å². The summed E-state index contributed by atoms with van der Waals surface area (Å²) in [6.45, 7) is 1.99. The first-order valence-electron chi connectivity index (χ1n) is 8.04. The summed E-state index contributed by atoms with van der Waals surface area (Å²) in [5.74, 6) is -2.14. The van der Waals surface area contributed by atoms with Gasteiger partial charge in [0.1, 0.15) is 33.3 Å². The molecule has 0 fully saturated rings. The number of allylic oxidation sites excluding steroid dienone is 1. The van der Waals surface area contributed by atoms with Crippen LogP contribution in [0.5, 0.6) is 5.75 Å². The van der Waals surface area contributed by atoms with E-state index in [0.717, 1.165) is 31.1 Å². The van der Waals surface area contributed by atoms with E-state index in [1.165, 1.54) is 6.07 Å². The Hall–Kier alpha value is -2.24. The number of phenols is 1. The lowest BCUT2D eigenvalue weighted by Crippen LogP contribution is -2.06. The van der Waals surface area contributed by atoms with E-state index in [2.05, 4.69) is 15.9 Å². The van der Waals surface area contributed by atoms with E-state index in [1.54, 1.807) is 12.1 Å². The van der Waals surface area contributed by atoms with Crippen LogP contribution in [0, 0.1) is 23.0 Å². The SMILES string of the molecule is CCCCc1cc(/C=C(\C#N)S(=O)(=O)c2ccc(F)cc2F)cc(Br)c1O. The van der Waals surface area contributed by atoms with Gasteiger partial charge in [-0.1, -0.05) is 13.3 Å². The molecule has 0 unspecified atom stereocenters. The van der Waals surface area contributed by atoms with Crippen LogP contribution < -0.4 is 0 Å². The molecule has 0 atom stereocenters. The van der Waals surface area contributed by atoms with Crippen LogP contribution >= 0.6 is 15.9 Å². The van der Waals surface area contributed by atoms with Crippen molar-refractivity contribution < 1.29 is 22.3 Å². The fraction of sp³-hybridized carbons (Fsp3) is 0.211. The Labute approximate surface area is 164 Å². The standard InChI is InChI=1S/C19H16BrF2NO3S/c1-2-3-4-13-7-12(9-16(20)19(13)24)8-15(11-23)27(25,26)18-6-5-14(21)10-17(18)22/h5-10,24H,2-4H2,1H3/b15-8+. The van der Waals surface area contributed by atoms with Gasteiger partial charge in [-0.2, -0.15) is 5.26 Å². The van der Waals surface area contributed by atoms with Crippen LogP contribution in [0.2, 0.25) is 0 Å². The highest BCUT2D eigenvalue weighted by Gasteiger charge is 2.25. The number of aryl methyl sites for hydroxylation is 1. The van der Waals surface area contributed by atoms with Crippen molar-refractivity contribution in [2.24, 2.45) is 0 Å². The number of rotatable bonds is 6. The second-order valence-electron chi connectivity index (χ2n) is 5.81. The van der Waals surface area contributed by atoms with Crippen LogP contribution in [-0.2, 0) is 16.3 Å². The minimum absolute atomic E-state index is 0.0477. The maximum Gasteiger partial charge on any atom is 0.219 e. The Bertz CT molecular complexity index is 1040. The Morgan fingerprint density at radius 1 is 1.30 bits per heavy atom. The first-order chi connectivity index (χ1) is 12.7. The molecule has 2 aromatic carbocycles. The highest BCUT2D eigenvalue weighted by molar-refractivity contribution is 9.10. The van der Waals surface area contributed by atoms with Crippen molar-refractivity contribution in [2.75, 3.05) is 0 Å². The van der Waals surface area contributed by atoms with E-state index < -0.39 is 31.3 Å². The lowest BCUT2D eigenvalue weighted by molar-refractivity contribution is 0.463. The summed E-state index contributed by atoms with van der Waals surface area (Å²) < 4.78 is 52.5. The van der Waals surface area contributed by atoms with Crippen LogP contribution in [0.15, 0.2) is 44.6 Å². The highest BCUT2D eigenvalue weighted by atomic mass is 79.9. The minimum atomic E-state index is -4.47. The predicted octanol–water partition coefficient (Wildman–Crippen LogP) is 5.11. The van der Waals surface area contributed by atoms with Crippen LogP contribution in [0.1, 0.15) is 30.9 Å². The Kier molecular flexibility index (Phi) is 6.73. The normalized spacial score (nSPS) is 12.0. The molecule has 8 heteroatoms. The third-order valence-electron chi connectivity index (χ3n) is 3.85.